The van der Waals surface area contributed by atoms with E-state index in [0.29, 0.717) is 50.5 Å². The number of nitrogens with zero attached hydrogens (tertiary/aromatic N) is 1. The van der Waals surface area contributed by atoms with Crippen LogP contribution in [0.25, 0.3) is 0 Å². The Morgan fingerprint density at radius 1 is 1.00 bits per heavy atom. The van der Waals surface area contributed by atoms with E-state index in [-0.39, 0.29) is 36.7 Å². The highest BCUT2D eigenvalue weighted by molar-refractivity contribution is 7.89. The molecular weight excluding hydrogens is 582 g/mol. The monoisotopic (exact) mass is 623 g/mol. The molecule has 0 aromatic heterocycles. The molecule has 0 heterocycles. The van der Waals surface area contributed by atoms with Gasteiger partial charge in [-0.25, -0.2) is 13.1 Å². The normalized spacial score (nSPS) is 14.0. The van der Waals surface area contributed by atoms with Crippen molar-refractivity contribution in [3.63, 3.8) is 0 Å². The van der Waals surface area contributed by atoms with Crippen LogP contribution in [0, 0.1) is 6.92 Å². The van der Waals surface area contributed by atoms with Gasteiger partial charge in [-0.3, -0.25) is 9.59 Å². The van der Waals surface area contributed by atoms with Crippen molar-refractivity contribution >= 4 is 52.5 Å². The number of benzene rings is 2. The van der Waals surface area contributed by atoms with Crippen molar-refractivity contribution in [2.75, 3.05) is 18.0 Å². The molecule has 2 amide bonds. The molecule has 0 spiro atoms. The number of carbonyl (C=O) groups is 4. The van der Waals surface area contributed by atoms with Crippen LogP contribution in [-0.4, -0.2) is 63.5 Å². The van der Waals surface area contributed by atoms with Crippen LogP contribution in [0.5, 0.6) is 0 Å². The zero-order valence-electron chi connectivity index (χ0n) is 24.0. The van der Waals surface area contributed by atoms with Gasteiger partial charge < -0.3 is 31.3 Å². The lowest BCUT2D eigenvalue weighted by atomic mass is 9.94. The highest BCUT2D eigenvalue weighted by Crippen LogP contribution is 2.21. The number of hydrogen-bond acceptors (Lipinski definition) is 8. The van der Waals surface area contributed by atoms with Crippen molar-refractivity contribution in [3.05, 3.63) is 60.2 Å². The van der Waals surface area contributed by atoms with E-state index in [1.54, 1.807) is 42.5 Å². The number of carbonyl (C=O) groups excluding carboxylic acids is 4. The van der Waals surface area contributed by atoms with Crippen LogP contribution in [0.2, 0.25) is 0 Å². The van der Waals surface area contributed by atoms with Gasteiger partial charge in [0.05, 0.1) is 10.9 Å². The largest absolute Gasteiger partial charge is 0.343 e. The van der Waals surface area contributed by atoms with Crippen molar-refractivity contribution in [3.8, 4) is 0 Å². The average Bonchev–Trinajstić information content (AvgIpc) is 2.96. The van der Waals surface area contributed by atoms with E-state index in [4.69, 9.17) is 11.5 Å². The van der Waals surface area contributed by atoms with E-state index in [2.05, 4.69) is 10.0 Å². The quantitative estimate of drug-likeness (QED) is 0.110. The fourth-order valence-corrected chi connectivity index (χ4v) is 5.28. The van der Waals surface area contributed by atoms with Gasteiger partial charge in [-0.1, -0.05) is 35.9 Å². The molecule has 0 saturated carbocycles. The second kappa shape index (κ2) is 17.7. The second-order valence-electron chi connectivity index (χ2n) is 10.1. The maximum atomic E-state index is 13.5. The molecular formula is C29H42ClN5O6S. The van der Waals surface area contributed by atoms with Gasteiger partial charge in [-0.2, -0.15) is 0 Å². The summed E-state index contributed by atoms with van der Waals surface area (Å²) in [7, 11) is -3.69. The molecule has 0 unspecified atom stereocenters. The number of nitrogens with two attached hydrogens (primary N) is 2. The van der Waals surface area contributed by atoms with Crippen LogP contribution < -0.4 is 26.4 Å². The van der Waals surface area contributed by atoms with Gasteiger partial charge in [0.25, 0.3) is 0 Å². The lowest BCUT2D eigenvalue weighted by molar-refractivity contribution is -0.134. The summed E-state index contributed by atoms with van der Waals surface area (Å²) in [5.41, 5.74) is 11.2. The maximum Gasteiger partial charge on any atom is 0.249 e. The number of para-hydroxylation sites is 1. The van der Waals surface area contributed by atoms with Crippen molar-refractivity contribution < 1.29 is 27.6 Å². The average molecular weight is 624 g/mol. The van der Waals surface area contributed by atoms with Gasteiger partial charge in [0.1, 0.15) is 18.6 Å². The van der Waals surface area contributed by atoms with Crippen molar-refractivity contribution in [2.24, 2.45) is 11.5 Å². The Morgan fingerprint density at radius 3 is 2.21 bits per heavy atom. The van der Waals surface area contributed by atoms with Crippen LogP contribution >= 0.6 is 12.4 Å². The van der Waals surface area contributed by atoms with Gasteiger partial charge in [0.2, 0.25) is 21.8 Å². The number of hydrogen-bond donors (Lipinski definition) is 4. The third-order valence-corrected chi connectivity index (χ3v) is 8.18. The number of aldehydes is 2. The Hall–Kier alpha value is -3.16. The minimum atomic E-state index is -3.69. The van der Waals surface area contributed by atoms with E-state index < -0.39 is 39.5 Å². The number of rotatable bonds is 18. The molecule has 13 heteroatoms. The molecule has 0 aliphatic heterocycles. The minimum Gasteiger partial charge on any atom is -0.343 e. The SMILES string of the molecule is Cc1ccc(S(=O)(=O)NCCCC[C@](N)(C=O)C(=O)N[C@@H](C)C(=O)N(c2ccccc2)[C@H](C=O)CCCCN)cc1.Cl. The molecule has 42 heavy (non-hydrogen) atoms. The Balaban J connectivity index is 0.00000882. The topological polar surface area (TPSA) is 182 Å². The van der Waals surface area contributed by atoms with E-state index in [1.165, 1.54) is 24.0 Å². The first-order valence-electron chi connectivity index (χ1n) is 13.6. The number of sulfonamides is 1. The molecule has 2 rings (SSSR count). The fraction of sp³-hybridized carbons (Fsp3) is 0.448. The summed E-state index contributed by atoms with van der Waals surface area (Å²) >= 11 is 0. The Morgan fingerprint density at radius 2 is 1.64 bits per heavy atom. The number of aryl methyl sites for hydroxylation is 1. The number of unbranched alkanes of at least 4 members (excludes halogenated alkanes) is 2. The van der Waals surface area contributed by atoms with Crippen LogP contribution in [0.3, 0.4) is 0 Å². The molecule has 0 aliphatic rings. The number of anilines is 1. The summed E-state index contributed by atoms with van der Waals surface area (Å²) in [5.74, 6) is -1.37. The van der Waals surface area contributed by atoms with Crippen LogP contribution in [0.4, 0.5) is 5.69 Å². The molecule has 2 aromatic carbocycles. The first-order chi connectivity index (χ1) is 19.5. The Labute approximate surface area is 254 Å². The fourth-order valence-electron chi connectivity index (χ4n) is 4.20. The third kappa shape index (κ3) is 10.6. The number of nitrogens with one attached hydrogen (secondary N) is 2. The zero-order chi connectivity index (χ0) is 30.5. The van der Waals surface area contributed by atoms with Gasteiger partial charge in [-0.15, -0.1) is 12.4 Å². The molecule has 0 bridgehead atoms. The summed E-state index contributed by atoms with van der Waals surface area (Å²) in [6.45, 7) is 3.86. The number of amides is 2. The lowest BCUT2D eigenvalue weighted by Gasteiger charge is -2.32. The molecule has 0 saturated heterocycles. The van der Waals surface area contributed by atoms with Crippen LogP contribution in [-0.2, 0) is 29.2 Å². The van der Waals surface area contributed by atoms with Crippen molar-refractivity contribution in [1.82, 2.24) is 10.0 Å². The highest BCUT2D eigenvalue weighted by atomic mass is 35.5. The van der Waals surface area contributed by atoms with Gasteiger partial charge in [0, 0.05) is 12.2 Å². The molecule has 0 aliphatic carbocycles. The molecule has 3 atom stereocenters. The molecule has 2 aromatic rings. The molecule has 0 fully saturated rings. The van der Waals surface area contributed by atoms with Crippen molar-refractivity contribution in [2.45, 2.75) is 74.9 Å². The van der Waals surface area contributed by atoms with Gasteiger partial charge >= 0.3 is 0 Å². The van der Waals surface area contributed by atoms with E-state index in [1.807, 2.05) is 6.92 Å². The first kappa shape index (κ1) is 36.9. The summed E-state index contributed by atoms with van der Waals surface area (Å²) in [6, 6.07) is 13.2. The third-order valence-electron chi connectivity index (χ3n) is 6.71. The van der Waals surface area contributed by atoms with Crippen molar-refractivity contribution in [1.29, 1.82) is 0 Å². The van der Waals surface area contributed by atoms with Crippen LogP contribution in [0.1, 0.15) is 51.0 Å². The summed E-state index contributed by atoms with van der Waals surface area (Å²) < 4.78 is 27.4. The summed E-state index contributed by atoms with van der Waals surface area (Å²) in [6.07, 6.45) is 3.27. The summed E-state index contributed by atoms with van der Waals surface area (Å²) in [4.78, 5) is 51.8. The molecule has 6 N–H and O–H groups in total. The maximum absolute atomic E-state index is 13.5. The van der Waals surface area contributed by atoms with E-state index >= 15 is 0 Å². The summed E-state index contributed by atoms with van der Waals surface area (Å²) in [5, 5.41) is 2.53. The highest BCUT2D eigenvalue weighted by Gasteiger charge is 2.36. The van der Waals surface area contributed by atoms with Gasteiger partial charge in [0.15, 0.2) is 5.54 Å². The lowest BCUT2D eigenvalue weighted by Crippen LogP contribution is -2.60. The standard InChI is InChI=1S/C29H41N5O6S.ClH/c1-22-13-15-26(16-14-22)41(39,40)32-19-9-7-17-29(31,21-36)28(38)33-23(2)27(37)34(24-10-4-3-5-11-24)25(20-35)12-6-8-18-30;/h3-5,10-11,13-16,20-21,23,25,32H,6-9,12,17-19,30-31H2,1-2H3,(H,33,38);1H/t23-,25-,29-;/m0./s1. The first-order valence-corrected chi connectivity index (χ1v) is 15.1. The smallest absolute Gasteiger partial charge is 0.249 e. The molecule has 232 valence electrons. The molecule has 0 radical (unpaired) electrons. The predicted octanol–water partition coefficient (Wildman–Crippen LogP) is 2.00. The van der Waals surface area contributed by atoms with E-state index in [9.17, 15) is 27.6 Å². The zero-order valence-corrected chi connectivity index (χ0v) is 25.7. The Kier molecular flexibility index (Phi) is 15.6. The minimum absolute atomic E-state index is 0. The number of halogens is 1. The Bertz CT molecular complexity index is 1260. The second-order valence-corrected chi connectivity index (χ2v) is 11.8. The van der Waals surface area contributed by atoms with E-state index in [0.717, 1.165) is 5.56 Å². The van der Waals surface area contributed by atoms with Crippen LogP contribution in [0.15, 0.2) is 59.5 Å². The molecule has 11 nitrogen and oxygen atoms in total. The van der Waals surface area contributed by atoms with Gasteiger partial charge in [-0.05, 0) is 83.2 Å². The predicted molar refractivity (Wildman–Crippen MR) is 165 cm³/mol.